The van der Waals surface area contributed by atoms with Crippen molar-refractivity contribution >= 4 is 33.0 Å². The summed E-state index contributed by atoms with van der Waals surface area (Å²) in [5, 5.41) is 4.62. The molecule has 0 bridgehead atoms. The van der Waals surface area contributed by atoms with Gasteiger partial charge in [0.15, 0.2) is 6.54 Å². The van der Waals surface area contributed by atoms with Crippen LogP contribution in [-0.4, -0.2) is 58.5 Å². The second-order valence-corrected chi connectivity index (χ2v) is 9.16. The lowest BCUT2D eigenvalue weighted by atomic mass is 10.3. The summed E-state index contributed by atoms with van der Waals surface area (Å²) in [5.41, 5.74) is 0.688. The quantitative estimate of drug-likeness (QED) is 0.735. The number of anilines is 1. The van der Waals surface area contributed by atoms with E-state index in [1.807, 2.05) is 12.1 Å². The molecular weight excluding hydrogens is 374 g/mol. The van der Waals surface area contributed by atoms with Gasteiger partial charge in [0.05, 0.1) is 33.3 Å². The number of hydrogen-bond donors (Lipinski definition) is 2. The van der Waals surface area contributed by atoms with Crippen LogP contribution in [0.25, 0.3) is 0 Å². The molecule has 2 N–H and O–H groups in total. The number of thiophene rings is 1. The maximum atomic E-state index is 12.5. The second-order valence-electron chi connectivity index (χ2n) is 6.04. The van der Waals surface area contributed by atoms with Gasteiger partial charge in [-0.3, -0.25) is 4.79 Å². The molecule has 7 nitrogen and oxygen atoms in total. The molecule has 0 atom stereocenters. The van der Waals surface area contributed by atoms with Crippen molar-refractivity contribution in [3.05, 3.63) is 41.8 Å². The molecule has 0 aliphatic carbocycles. The molecule has 140 valence electrons. The van der Waals surface area contributed by atoms with E-state index in [9.17, 15) is 13.2 Å². The van der Waals surface area contributed by atoms with Crippen LogP contribution >= 0.6 is 11.3 Å². The molecule has 0 spiro atoms. The van der Waals surface area contributed by atoms with Gasteiger partial charge in [-0.05, 0) is 23.6 Å². The van der Waals surface area contributed by atoms with Crippen molar-refractivity contribution in [1.29, 1.82) is 0 Å². The summed E-state index contributed by atoms with van der Waals surface area (Å²) >= 11 is 1.23. The number of sulfonamides is 1. The van der Waals surface area contributed by atoms with Crippen LogP contribution in [0.2, 0.25) is 0 Å². The van der Waals surface area contributed by atoms with Crippen LogP contribution in [0, 0.1) is 0 Å². The van der Waals surface area contributed by atoms with Gasteiger partial charge in [0.1, 0.15) is 9.96 Å². The van der Waals surface area contributed by atoms with Gasteiger partial charge in [-0.25, -0.2) is 8.42 Å². The Morgan fingerprint density at radius 2 is 2.04 bits per heavy atom. The van der Waals surface area contributed by atoms with E-state index in [1.165, 1.54) is 15.6 Å². The minimum absolute atomic E-state index is 0.0946. The van der Waals surface area contributed by atoms with Crippen molar-refractivity contribution in [2.75, 3.05) is 45.2 Å². The molecule has 26 heavy (non-hydrogen) atoms. The molecule has 1 aliphatic heterocycles. The maximum Gasteiger partial charge on any atom is 0.279 e. The topological polar surface area (TPSA) is 80.2 Å². The number of quaternary nitrogens is 1. The number of rotatable bonds is 6. The predicted octanol–water partition coefficient (Wildman–Crippen LogP) is 0.285. The third-order valence-corrected chi connectivity index (χ3v) is 7.55. The number of amides is 1. The molecule has 1 aromatic carbocycles. The Bertz CT molecular complexity index is 845. The molecule has 1 amide bonds. The number of nitrogens with zero attached hydrogens (tertiary/aromatic N) is 1. The van der Waals surface area contributed by atoms with Crippen molar-refractivity contribution in [2.45, 2.75) is 4.21 Å². The summed E-state index contributed by atoms with van der Waals surface area (Å²) in [6.45, 7) is 2.36. The molecule has 3 rings (SSSR count). The van der Waals surface area contributed by atoms with E-state index in [1.54, 1.807) is 36.8 Å². The molecule has 9 heteroatoms. The molecule has 1 aliphatic rings. The first-order chi connectivity index (χ1) is 12.5. The highest BCUT2D eigenvalue weighted by Crippen LogP contribution is 2.20. The molecule has 2 heterocycles. The highest BCUT2D eigenvalue weighted by atomic mass is 32.2. The molecule has 2 aromatic rings. The van der Waals surface area contributed by atoms with Gasteiger partial charge in [0, 0.05) is 11.8 Å². The van der Waals surface area contributed by atoms with Gasteiger partial charge in [-0.15, -0.1) is 11.3 Å². The zero-order chi connectivity index (χ0) is 18.6. The Balaban J connectivity index is 1.51. The average molecular weight is 397 g/mol. The van der Waals surface area contributed by atoms with Gasteiger partial charge in [0.25, 0.3) is 15.9 Å². The summed E-state index contributed by atoms with van der Waals surface area (Å²) in [5.74, 6) is 0.588. The van der Waals surface area contributed by atoms with E-state index in [2.05, 4.69) is 5.32 Å². The third-order valence-electron chi connectivity index (χ3n) is 4.28. The van der Waals surface area contributed by atoms with Gasteiger partial charge >= 0.3 is 0 Å². The summed E-state index contributed by atoms with van der Waals surface area (Å²) in [4.78, 5) is 13.3. The van der Waals surface area contributed by atoms with Gasteiger partial charge in [-0.1, -0.05) is 12.1 Å². The van der Waals surface area contributed by atoms with Gasteiger partial charge < -0.3 is 15.0 Å². The number of hydrogen-bond acceptors (Lipinski definition) is 5. The highest BCUT2D eigenvalue weighted by Gasteiger charge is 2.31. The van der Waals surface area contributed by atoms with E-state index in [0.29, 0.717) is 48.4 Å². The van der Waals surface area contributed by atoms with Gasteiger partial charge in [0.2, 0.25) is 0 Å². The Hall–Kier alpha value is -1.94. The Labute approximate surface area is 157 Å². The minimum Gasteiger partial charge on any atom is -0.497 e. The first-order valence-corrected chi connectivity index (χ1v) is 10.6. The molecule has 0 unspecified atom stereocenters. The van der Waals surface area contributed by atoms with Crippen LogP contribution in [-0.2, 0) is 14.8 Å². The highest BCUT2D eigenvalue weighted by molar-refractivity contribution is 7.91. The fraction of sp³-hybridized carbons (Fsp3) is 0.353. The number of nitrogens with one attached hydrogen (secondary N) is 2. The number of piperazine rings is 1. The molecular formula is C17H22N3O4S2+. The van der Waals surface area contributed by atoms with E-state index < -0.39 is 10.0 Å². The third kappa shape index (κ3) is 4.42. The Morgan fingerprint density at radius 3 is 2.69 bits per heavy atom. The van der Waals surface area contributed by atoms with Crippen molar-refractivity contribution in [2.24, 2.45) is 0 Å². The standard InChI is InChI=1S/C17H21N3O4S2/c1-24-15-5-2-4-14(12-15)18-16(21)13-19-7-9-20(10-8-19)26(22,23)17-6-3-11-25-17/h2-6,11-12H,7-10,13H2,1H3,(H,18,21)/p+1. The lowest BCUT2D eigenvalue weighted by Gasteiger charge is -2.30. The lowest BCUT2D eigenvalue weighted by Crippen LogP contribution is -3.15. The van der Waals surface area contributed by atoms with Crippen LogP contribution in [0.5, 0.6) is 5.75 Å². The first-order valence-electron chi connectivity index (χ1n) is 8.30. The largest absolute Gasteiger partial charge is 0.497 e. The monoisotopic (exact) mass is 396 g/mol. The van der Waals surface area contributed by atoms with E-state index in [4.69, 9.17) is 4.74 Å². The summed E-state index contributed by atoms with van der Waals surface area (Å²) in [7, 11) is -1.82. The molecule has 1 fully saturated rings. The fourth-order valence-corrected chi connectivity index (χ4v) is 5.48. The number of carbonyl (C=O) groups excluding carboxylic acids is 1. The Morgan fingerprint density at radius 1 is 1.27 bits per heavy atom. The maximum absolute atomic E-state index is 12.5. The average Bonchev–Trinajstić information content (AvgIpc) is 3.18. The minimum atomic E-state index is -3.40. The lowest BCUT2D eigenvalue weighted by molar-refractivity contribution is -0.895. The van der Waals surface area contributed by atoms with E-state index >= 15 is 0 Å². The van der Waals surface area contributed by atoms with Crippen LogP contribution in [0.3, 0.4) is 0 Å². The predicted molar refractivity (Wildman–Crippen MR) is 100 cm³/mol. The molecule has 0 saturated carbocycles. The summed E-state index contributed by atoms with van der Waals surface area (Å²) in [6.07, 6.45) is 0. The van der Waals surface area contributed by atoms with Gasteiger partial charge in [-0.2, -0.15) is 4.31 Å². The smallest absolute Gasteiger partial charge is 0.279 e. The SMILES string of the molecule is COc1cccc(NC(=O)C[NH+]2CCN(S(=O)(=O)c3cccs3)CC2)c1. The van der Waals surface area contributed by atoms with Crippen molar-refractivity contribution in [3.8, 4) is 5.75 Å². The zero-order valence-corrected chi connectivity index (χ0v) is 16.1. The van der Waals surface area contributed by atoms with Crippen LogP contribution in [0.1, 0.15) is 0 Å². The summed E-state index contributed by atoms with van der Waals surface area (Å²) in [6, 6.07) is 10.6. The number of ether oxygens (including phenoxy) is 1. The van der Waals surface area contributed by atoms with Crippen LogP contribution in [0.15, 0.2) is 46.0 Å². The zero-order valence-electron chi connectivity index (χ0n) is 14.5. The first kappa shape index (κ1) is 18.8. The summed E-state index contributed by atoms with van der Waals surface area (Å²) < 4.78 is 32.0. The second kappa shape index (κ2) is 8.17. The number of carbonyl (C=O) groups is 1. The molecule has 1 saturated heterocycles. The number of methoxy groups -OCH3 is 1. The van der Waals surface area contributed by atoms with Crippen molar-refractivity contribution in [1.82, 2.24) is 4.31 Å². The van der Waals surface area contributed by atoms with E-state index in [0.717, 1.165) is 4.90 Å². The number of benzene rings is 1. The Kier molecular flexibility index (Phi) is 5.92. The van der Waals surface area contributed by atoms with E-state index in [-0.39, 0.29) is 5.91 Å². The normalized spacial score (nSPS) is 16.3. The van der Waals surface area contributed by atoms with Crippen molar-refractivity contribution < 1.29 is 22.8 Å². The molecule has 0 radical (unpaired) electrons. The fourth-order valence-electron chi connectivity index (χ4n) is 2.89. The van der Waals surface area contributed by atoms with Crippen molar-refractivity contribution in [3.63, 3.8) is 0 Å². The molecule has 1 aromatic heterocycles. The van der Waals surface area contributed by atoms with Crippen LogP contribution in [0.4, 0.5) is 5.69 Å². The van der Waals surface area contributed by atoms with Crippen LogP contribution < -0.4 is 15.0 Å².